The molecule has 1 aromatic carbocycles. The molecule has 0 unspecified atom stereocenters. The Kier molecular flexibility index (Phi) is 7.52. The third-order valence-electron chi connectivity index (χ3n) is 3.71. The zero-order valence-electron chi connectivity index (χ0n) is 16.6. The molecule has 2 atom stereocenters. The van der Waals surface area contributed by atoms with Gasteiger partial charge in [-0.1, -0.05) is 30.3 Å². The molecular weight excluding hydrogens is 358 g/mol. The molecule has 0 aliphatic rings. The molecule has 150 valence electrons. The normalized spacial score (nSPS) is 13.3. The van der Waals surface area contributed by atoms with Gasteiger partial charge in [0.2, 0.25) is 5.91 Å². The van der Waals surface area contributed by atoms with Gasteiger partial charge >= 0.3 is 6.09 Å². The van der Waals surface area contributed by atoms with Crippen LogP contribution < -0.4 is 10.6 Å². The maximum Gasteiger partial charge on any atom is 0.408 e. The molecule has 0 bridgehead atoms. The second kappa shape index (κ2) is 9.85. The molecule has 1 aromatic heterocycles. The van der Waals surface area contributed by atoms with E-state index in [1.807, 2.05) is 30.3 Å². The molecule has 0 aliphatic heterocycles. The minimum Gasteiger partial charge on any atom is -0.444 e. The number of hydrogen-bond acceptors (Lipinski definition) is 5. The van der Waals surface area contributed by atoms with E-state index in [-0.39, 0.29) is 0 Å². The van der Waals surface area contributed by atoms with Crippen molar-refractivity contribution in [1.29, 1.82) is 0 Å². The molecule has 2 aromatic rings. The van der Waals surface area contributed by atoms with Crippen LogP contribution in [0, 0.1) is 0 Å². The van der Waals surface area contributed by atoms with E-state index in [1.165, 1.54) is 6.20 Å². The number of nitrogens with one attached hydrogen (secondary N) is 2. The van der Waals surface area contributed by atoms with Crippen LogP contribution in [0.25, 0.3) is 0 Å². The van der Waals surface area contributed by atoms with E-state index in [1.54, 1.807) is 46.0 Å². The van der Waals surface area contributed by atoms with Gasteiger partial charge in [0, 0.05) is 6.20 Å². The third kappa shape index (κ3) is 7.36. The quantitative estimate of drug-likeness (QED) is 0.761. The average molecular weight is 385 g/mol. The summed E-state index contributed by atoms with van der Waals surface area (Å²) < 4.78 is 11.1. The number of pyridine rings is 1. The second-order valence-corrected chi connectivity index (χ2v) is 7.36. The van der Waals surface area contributed by atoms with E-state index < -0.39 is 29.7 Å². The lowest BCUT2D eigenvalue weighted by Crippen LogP contribution is -2.52. The van der Waals surface area contributed by atoms with Gasteiger partial charge in [0.25, 0.3) is 0 Å². The van der Waals surface area contributed by atoms with Gasteiger partial charge in [-0.05, 0) is 45.4 Å². The summed E-state index contributed by atoms with van der Waals surface area (Å²) in [5.41, 5.74) is 0.819. The van der Waals surface area contributed by atoms with Crippen molar-refractivity contribution in [2.45, 2.75) is 52.0 Å². The number of carbonyl (C=O) groups is 2. The topological polar surface area (TPSA) is 89.5 Å². The largest absolute Gasteiger partial charge is 0.444 e. The smallest absolute Gasteiger partial charge is 0.408 e. The van der Waals surface area contributed by atoms with Gasteiger partial charge in [0.05, 0.1) is 24.6 Å². The SMILES string of the molecule is C[C@@H](OCc1ccccc1)[C@H](NC(=O)OC(C)(C)C)C(=O)Nc1cccnc1. The number of amides is 2. The van der Waals surface area contributed by atoms with Crippen molar-refractivity contribution < 1.29 is 19.1 Å². The van der Waals surface area contributed by atoms with Crippen molar-refractivity contribution in [3.8, 4) is 0 Å². The number of ether oxygens (including phenoxy) is 2. The maximum atomic E-state index is 12.8. The number of nitrogens with zero attached hydrogens (tertiary/aromatic N) is 1. The van der Waals surface area contributed by atoms with Crippen LogP contribution in [0.3, 0.4) is 0 Å². The summed E-state index contributed by atoms with van der Waals surface area (Å²) in [7, 11) is 0. The number of carbonyl (C=O) groups excluding carboxylic acids is 2. The van der Waals surface area contributed by atoms with Crippen LogP contribution in [-0.4, -0.2) is 34.7 Å². The number of anilines is 1. The summed E-state index contributed by atoms with van der Waals surface area (Å²) in [6.45, 7) is 7.31. The second-order valence-electron chi connectivity index (χ2n) is 7.36. The lowest BCUT2D eigenvalue weighted by Gasteiger charge is -2.27. The monoisotopic (exact) mass is 385 g/mol. The standard InChI is InChI=1S/C21H27N3O4/c1-15(27-14-16-9-6-5-7-10-16)18(24-20(26)28-21(2,3)4)19(25)23-17-11-8-12-22-13-17/h5-13,15,18H,14H2,1-4H3,(H,23,25)(H,24,26)/t15-,18+/m1/s1. The molecule has 28 heavy (non-hydrogen) atoms. The van der Waals surface area contributed by atoms with E-state index in [0.717, 1.165) is 5.56 Å². The number of aromatic nitrogens is 1. The highest BCUT2D eigenvalue weighted by Crippen LogP contribution is 2.12. The van der Waals surface area contributed by atoms with Crippen molar-refractivity contribution in [3.63, 3.8) is 0 Å². The van der Waals surface area contributed by atoms with Gasteiger partial charge in [-0.2, -0.15) is 0 Å². The van der Waals surface area contributed by atoms with Crippen LogP contribution in [0.2, 0.25) is 0 Å². The van der Waals surface area contributed by atoms with Crippen LogP contribution >= 0.6 is 0 Å². The Labute approximate surface area is 165 Å². The summed E-state index contributed by atoms with van der Waals surface area (Å²) in [5.74, 6) is -0.417. The Hall–Kier alpha value is -2.93. The van der Waals surface area contributed by atoms with Crippen molar-refractivity contribution in [2.24, 2.45) is 0 Å². The Bertz CT molecular complexity index is 760. The lowest BCUT2D eigenvalue weighted by molar-refractivity contribution is -0.122. The number of alkyl carbamates (subject to hydrolysis) is 1. The highest BCUT2D eigenvalue weighted by molar-refractivity contribution is 5.96. The molecule has 0 fully saturated rings. The first-order valence-corrected chi connectivity index (χ1v) is 9.10. The summed E-state index contributed by atoms with van der Waals surface area (Å²) in [6, 6.07) is 12.1. The highest BCUT2D eigenvalue weighted by Gasteiger charge is 2.30. The van der Waals surface area contributed by atoms with Crippen LogP contribution in [0.4, 0.5) is 10.5 Å². The first kappa shape index (κ1) is 21.4. The summed E-state index contributed by atoms with van der Waals surface area (Å²) >= 11 is 0. The van der Waals surface area contributed by atoms with Crippen molar-refractivity contribution in [2.75, 3.05) is 5.32 Å². The van der Waals surface area contributed by atoms with Gasteiger partial charge < -0.3 is 20.1 Å². The molecule has 0 aliphatic carbocycles. The fourth-order valence-corrected chi connectivity index (χ4v) is 2.39. The van der Waals surface area contributed by atoms with Crippen molar-refractivity contribution >= 4 is 17.7 Å². The van der Waals surface area contributed by atoms with Crippen molar-refractivity contribution in [3.05, 3.63) is 60.4 Å². The molecular formula is C21H27N3O4. The zero-order valence-corrected chi connectivity index (χ0v) is 16.6. The molecule has 2 amide bonds. The minimum atomic E-state index is -0.946. The molecule has 1 heterocycles. The predicted octanol–water partition coefficient (Wildman–Crippen LogP) is 3.52. The maximum absolute atomic E-state index is 12.8. The van der Waals surface area contributed by atoms with Gasteiger partial charge in [0.1, 0.15) is 11.6 Å². The first-order valence-electron chi connectivity index (χ1n) is 9.10. The number of benzene rings is 1. The van der Waals surface area contributed by atoms with E-state index >= 15 is 0 Å². The average Bonchev–Trinajstić information content (AvgIpc) is 2.64. The third-order valence-corrected chi connectivity index (χ3v) is 3.71. The summed E-state index contributed by atoms with van der Waals surface area (Å²) in [4.78, 5) is 29.0. The van der Waals surface area contributed by atoms with Crippen LogP contribution in [0.5, 0.6) is 0 Å². The molecule has 7 nitrogen and oxygen atoms in total. The van der Waals surface area contributed by atoms with E-state index in [4.69, 9.17) is 9.47 Å². The summed E-state index contributed by atoms with van der Waals surface area (Å²) in [6.07, 6.45) is 1.86. The Balaban J connectivity index is 2.07. The van der Waals surface area contributed by atoms with Crippen LogP contribution in [0.1, 0.15) is 33.3 Å². The minimum absolute atomic E-state index is 0.314. The van der Waals surface area contributed by atoms with Gasteiger partial charge in [-0.15, -0.1) is 0 Å². The highest BCUT2D eigenvalue weighted by atomic mass is 16.6. The van der Waals surface area contributed by atoms with Gasteiger partial charge in [-0.3, -0.25) is 9.78 Å². The Morgan fingerprint density at radius 3 is 2.43 bits per heavy atom. The molecule has 0 spiro atoms. The molecule has 2 N–H and O–H groups in total. The summed E-state index contributed by atoms with van der Waals surface area (Å²) in [5, 5.41) is 5.35. The van der Waals surface area contributed by atoms with E-state index in [0.29, 0.717) is 12.3 Å². The Morgan fingerprint density at radius 1 is 1.11 bits per heavy atom. The number of rotatable bonds is 7. The molecule has 7 heteroatoms. The Morgan fingerprint density at radius 2 is 1.82 bits per heavy atom. The molecule has 0 saturated heterocycles. The fourth-order valence-electron chi connectivity index (χ4n) is 2.39. The van der Waals surface area contributed by atoms with E-state index in [2.05, 4.69) is 15.6 Å². The lowest BCUT2D eigenvalue weighted by atomic mass is 10.1. The zero-order chi connectivity index (χ0) is 20.6. The predicted molar refractivity (Wildman–Crippen MR) is 107 cm³/mol. The molecule has 0 radical (unpaired) electrons. The first-order chi connectivity index (χ1) is 13.2. The van der Waals surface area contributed by atoms with Crippen molar-refractivity contribution in [1.82, 2.24) is 10.3 Å². The molecule has 0 saturated carbocycles. The van der Waals surface area contributed by atoms with Crippen LogP contribution in [0.15, 0.2) is 54.9 Å². The molecule has 2 rings (SSSR count). The van der Waals surface area contributed by atoms with Gasteiger partial charge in [0.15, 0.2) is 0 Å². The van der Waals surface area contributed by atoms with Crippen LogP contribution in [-0.2, 0) is 20.9 Å². The number of hydrogen-bond donors (Lipinski definition) is 2. The fraction of sp³-hybridized carbons (Fsp3) is 0.381. The van der Waals surface area contributed by atoms with Gasteiger partial charge in [-0.25, -0.2) is 4.79 Å². The van der Waals surface area contributed by atoms with E-state index in [9.17, 15) is 9.59 Å².